The Kier molecular flexibility index (Phi) is 5.42. The van der Waals surface area contributed by atoms with Crippen LogP contribution in [0.3, 0.4) is 0 Å². The van der Waals surface area contributed by atoms with Crippen LogP contribution < -0.4 is 5.73 Å². The van der Waals surface area contributed by atoms with Gasteiger partial charge in [-0.3, -0.25) is 9.80 Å². The third kappa shape index (κ3) is 3.23. The van der Waals surface area contributed by atoms with Crippen molar-refractivity contribution in [2.75, 3.05) is 39.3 Å². The van der Waals surface area contributed by atoms with Gasteiger partial charge in [0.2, 0.25) is 0 Å². The van der Waals surface area contributed by atoms with Crippen molar-refractivity contribution in [1.82, 2.24) is 9.80 Å². The molecule has 0 spiro atoms. The third-order valence-corrected chi connectivity index (χ3v) is 4.67. The van der Waals surface area contributed by atoms with E-state index in [1.54, 1.807) is 0 Å². The van der Waals surface area contributed by atoms with Crippen molar-refractivity contribution < 1.29 is 4.74 Å². The summed E-state index contributed by atoms with van der Waals surface area (Å²) in [6.07, 6.45) is 4.01. The van der Waals surface area contributed by atoms with Gasteiger partial charge in [0, 0.05) is 51.4 Å². The monoisotopic (exact) mass is 255 g/mol. The lowest BCUT2D eigenvalue weighted by Crippen LogP contribution is -2.57. The highest BCUT2D eigenvalue weighted by Gasteiger charge is 2.32. The first-order chi connectivity index (χ1) is 8.76. The van der Waals surface area contributed by atoms with Crippen LogP contribution in [0.1, 0.15) is 33.1 Å². The highest BCUT2D eigenvalue weighted by Crippen LogP contribution is 2.21. The average molecular weight is 255 g/mol. The van der Waals surface area contributed by atoms with Gasteiger partial charge in [-0.15, -0.1) is 0 Å². The first-order valence-corrected chi connectivity index (χ1v) is 7.56. The van der Waals surface area contributed by atoms with Crippen molar-refractivity contribution >= 4 is 0 Å². The molecule has 2 N–H and O–H groups in total. The van der Waals surface area contributed by atoms with Crippen molar-refractivity contribution in [3.63, 3.8) is 0 Å². The Balaban J connectivity index is 1.83. The Hall–Kier alpha value is -0.160. The summed E-state index contributed by atoms with van der Waals surface area (Å²) < 4.78 is 5.82. The maximum atomic E-state index is 5.97. The predicted octanol–water partition coefficient (Wildman–Crippen LogP) is 0.909. The van der Waals surface area contributed by atoms with Crippen LogP contribution in [0.5, 0.6) is 0 Å². The number of hydrogen-bond donors (Lipinski definition) is 1. The predicted molar refractivity (Wildman–Crippen MR) is 74.7 cm³/mol. The molecule has 0 aliphatic carbocycles. The van der Waals surface area contributed by atoms with Crippen LogP contribution >= 0.6 is 0 Å². The van der Waals surface area contributed by atoms with Crippen molar-refractivity contribution in [3.8, 4) is 0 Å². The SMILES string of the molecule is CCC(C)N1CCN(C(CN)C2CCCO2)CC1. The molecule has 4 nitrogen and oxygen atoms in total. The topological polar surface area (TPSA) is 41.7 Å². The summed E-state index contributed by atoms with van der Waals surface area (Å²) >= 11 is 0. The second-order valence-electron chi connectivity index (χ2n) is 5.68. The van der Waals surface area contributed by atoms with E-state index in [-0.39, 0.29) is 0 Å². The van der Waals surface area contributed by atoms with Crippen LogP contribution in [0.2, 0.25) is 0 Å². The maximum Gasteiger partial charge on any atom is 0.0743 e. The molecule has 0 aromatic rings. The average Bonchev–Trinajstić information content (AvgIpc) is 2.93. The smallest absolute Gasteiger partial charge is 0.0743 e. The van der Waals surface area contributed by atoms with Gasteiger partial charge in [0.1, 0.15) is 0 Å². The molecule has 0 amide bonds. The van der Waals surface area contributed by atoms with E-state index in [1.807, 2.05) is 0 Å². The molecule has 18 heavy (non-hydrogen) atoms. The number of rotatable bonds is 5. The number of piperazine rings is 1. The molecule has 2 fully saturated rings. The fourth-order valence-electron chi connectivity index (χ4n) is 3.21. The highest BCUT2D eigenvalue weighted by atomic mass is 16.5. The van der Waals surface area contributed by atoms with Crippen LogP contribution in [0.15, 0.2) is 0 Å². The van der Waals surface area contributed by atoms with Crippen LogP contribution in [0, 0.1) is 0 Å². The molecular formula is C14H29N3O. The maximum absolute atomic E-state index is 5.97. The molecular weight excluding hydrogens is 226 g/mol. The summed E-state index contributed by atoms with van der Waals surface area (Å²) in [5.74, 6) is 0. The largest absolute Gasteiger partial charge is 0.377 e. The Bertz CT molecular complexity index is 235. The molecule has 3 atom stereocenters. The normalized spacial score (nSPS) is 30.5. The Morgan fingerprint density at radius 3 is 2.39 bits per heavy atom. The van der Waals surface area contributed by atoms with Crippen molar-refractivity contribution in [1.29, 1.82) is 0 Å². The molecule has 2 aliphatic rings. The third-order valence-electron chi connectivity index (χ3n) is 4.67. The quantitative estimate of drug-likeness (QED) is 0.793. The van der Waals surface area contributed by atoms with E-state index in [4.69, 9.17) is 10.5 Å². The summed E-state index contributed by atoms with van der Waals surface area (Å²) in [5, 5.41) is 0. The van der Waals surface area contributed by atoms with Gasteiger partial charge in [-0.1, -0.05) is 6.92 Å². The fraction of sp³-hybridized carbons (Fsp3) is 1.00. The minimum Gasteiger partial charge on any atom is -0.377 e. The summed E-state index contributed by atoms with van der Waals surface area (Å²) in [7, 11) is 0. The van der Waals surface area contributed by atoms with Gasteiger partial charge >= 0.3 is 0 Å². The van der Waals surface area contributed by atoms with Gasteiger partial charge in [-0.25, -0.2) is 0 Å². The zero-order valence-electron chi connectivity index (χ0n) is 12.0. The summed E-state index contributed by atoms with van der Waals surface area (Å²) in [4.78, 5) is 5.15. The van der Waals surface area contributed by atoms with E-state index in [0.29, 0.717) is 18.2 Å². The number of ether oxygens (including phenoxy) is 1. The lowest BCUT2D eigenvalue weighted by atomic mass is 10.0. The molecule has 0 radical (unpaired) electrons. The second-order valence-corrected chi connectivity index (χ2v) is 5.68. The van der Waals surface area contributed by atoms with Gasteiger partial charge < -0.3 is 10.5 Å². The molecule has 2 aliphatic heterocycles. The molecule has 106 valence electrons. The first kappa shape index (κ1) is 14.3. The van der Waals surface area contributed by atoms with E-state index in [9.17, 15) is 0 Å². The standard InChI is InChI=1S/C14H29N3O/c1-3-12(2)16-6-8-17(9-7-16)13(11-15)14-5-4-10-18-14/h12-14H,3-11,15H2,1-2H3. The van der Waals surface area contributed by atoms with E-state index in [2.05, 4.69) is 23.6 Å². The van der Waals surface area contributed by atoms with E-state index in [1.165, 1.54) is 32.4 Å². The van der Waals surface area contributed by atoms with E-state index < -0.39 is 0 Å². The van der Waals surface area contributed by atoms with Gasteiger partial charge in [-0.05, 0) is 26.2 Å². The number of hydrogen-bond acceptors (Lipinski definition) is 4. The highest BCUT2D eigenvalue weighted by molar-refractivity contribution is 4.87. The number of nitrogens with two attached hydrogens (primary N) is 1. The van der Waals surface area contributed by atoms with E-state index >= 15 is 0 Å². The lowest BCUT2D eigenvalue weighted by Gasteiger charge is -2.42. The number of nitrogens with zero attached hydrogens (tertiary/aromatic N) is 2. The molecule has 4 heteroatoms. The molecule has 2 heterocycles. The minimum atomic E-state index is 0.380. The Morgan fingerprint density at radius 2 is 1.89 bits per heavy atom. The van der Waals surface area contributed by atoms with Gasteiger partial charge in [0.05, 0.1) is 6.10 Å². The van der Waals surface area contributed by atoms with Crippen LogP contribution in [-0.4, -0.2) is 67.3 Å². The van der Waals surface area contributed by atoms with Crippen LogP contribution in [0.25, 0.3) is 0 Å². The minimum absolute atomic E-state index is 0.380. The first-order valence-electron chi connectivity index (χ1n) is 7.56. The molecule has 2 saturated heterocycles. The molecule has 0 bridgehead atoms. The van der Waals surface area contributed by atoms with Crippen molar-refractivity contribution in [2.24, 2.45) is 5.73 Å². The molecule has 3 unspecified atom stereocenters. The molecule has 0 aromatic carbocycles. The molecule has 0 aromatic heterocycles. The van der Waals surface area contributed by atoms with E-state index in [0.717, 1.165) is 26.2 Å². The van der Waals surface area contributed by atoms with Gasteiger partial charge in [0.25, 0.3) is 0 Å². The van der Waals surface area contributed by atoms with Crippen molar-refractivity contribution in [3.05, 3.63) is 0 Å². The Labute approximate surface area is 111 Å². The zero-order valence-corrected chi connectivity index (χ0v) is 12.0. The van der Waals surface area contributed by atoms with Crippen LogP contribution in [0.4, 0.5) is 0 Å². The van der Waals surface area contributed by atoms with Crippen molar-refractivity contribution in [2.45, 2.75) is 51.3 Å². The lowest BCUT2D eigenvalue weighted by molar-refractivity contribution is -0.000236. The van der Waals surface area contributed by atoms with Gasteiger partial charge in [0.15, 0.2) is 0 Å². The Morgan fingerprint density at radius 1 is 1.22 bits per heavy atom. The second kappa shape index (κ2) is 6.85. The summed E-state index contributed by atoms with van der Waals surface area (Å²) in [6.45, 7) is 10.9. The summed E-state index contributed by atoms with van der Waals surface area (Å²) in [6, 6.07) is 1.15. The molecule has 0 saturated carbocycles. The van der Waals surface area contributed by atoms with Crippen LogP contribution in [-0.2, 0) is 4.74 Å². The fourth-order valence-corrected chi connectivity index (χ4v) is 3.21. The summed E-state index contributed by atoms with van der Waals surface area (Å²) in [5.41, 5.74) is 5.97. The molecule has 2 rings (SSSR count). The zero-order chi connectivity index (χ0) is 13.0. The van der Waals surface area contributed by atoms with Gasteiger partial charge in [-0.2, -0.15) is 0 Å².